The zero-order valence-electron chi connectivity index (χ0n) is 16.8. The quantitative estimate of drug-likeness (QED) is 0.781. The van der Waals surface area contributed by atoms with Crippen molar-refractivity contribution in [1.82, 2.24) is 4.90 Å². The van der Waals surface area contributed by atoms with Crippen LogP contribution in [-0.4, -0.2) is 49.5 Å². The molecule has 6 nitrogen and oxygen atoms in total. The fraction of sp³-hybridized carbons (Fsp3) is 0.364. The van der Waals surface area contributed by atoms with E-state index in [1.54, 1.807) is 6.07 Å². The summed E-state index contributed by atoms with van der Waals surface area (Å²) in [7, 11) is 0. The van der Waals surface area contributed by atoms with E-state index in [0.717, 1.165) is 24.3 Å². The molecule has 7 heteroatoms. The number of hydrogen-bond donors (Lipinski definition) is 1. The molecule has 0 radical (unpaired) electrons. The number of aryl methyl sites for hydroxylation is 1. The second-order valence-corrected chi connectivity index (χ2v) is 7.45. The zero-order chi connectivity index (χ0) is 20.8. The van der Waals surface area contributed by atoms with Gasteiger partial charge in [0.2, 0.25) is 5.91 Å². The summed E-state index contributed by atoms with van der Waals surface area (Å²) < 4.78 is 5.52. The molecule has 0 spiro atoms. The number of benzene rings is 2. The van der Waals surface area contributed by atoms with Crippen LogP contribution in [0.4, 0.5) is 11.4 Å². The van der Waals surface area contributed by atoms with Crippen LogP contribution in [0.3, 0.4) is 0 Å². The van der Waals surface area contributed by atoms with Crippen molar-refractivity contribution >= 4 is 34.8 Å². The van der Waals surface area contributed by atoms with Crippen LogP contribution in [-0.2, 0) is 9.59 Å². The van der Waals surface area contributed by atoms with Crippen LogP contribution in [0.1, 0.15) is 18.9 Å². The SMILES string of the molecule is CCC(=O)N1CCN(c2ccc(NC(=O)COc3cccc(C)c3)cc2Cl)CC1. The van der Waals surface area contributed by atoms with Crippen LogP contribution in [0.2, 0.25) is 5.02 Å². The minimum atomic E-state index is -0.248. The number of rotatable bonds is 6. The standard InChI is InChI=1S/C22H26ClN3O3/c1-3-22(28)26-11-9-25(10-12-26)20-8-7-17(14-19(20)23)24-21(27)15-29-18-6-4-5-16(2)13-18/h4-8,13-14H,3,9-12,15H2,1-2H3,(H,24,27). The fourth-order valence-electron chi connectivity index (χ4n) is 3.31. The van der Waals surface area contributed by atoms with E-state index < -0.39 is 0 Å². The summed E-state index contributed by atoms with van der Waals surface area (Å²) in [6.07, 6.45) is 0.531. The molecule has 1 saturated heterocycles. The summed E-state index contributed by atoms with van der Waals surface area (Å²) in [5.74, 6) is 0.595. The van der Waals surface area contributed by atoms with Crippen LogP contribution in [0.5, 0.6) is 5.75 Å². The van der Waals surface area contributed by atoms with E-state index in [4.69, 9.17) is 16.3 Å². The topological polar surface area (TPSA) is 61.9 Å². The lowest BCUT2D eigenvalue weighted by atomic mass is 10.2. The Morgan fingerprint density at radius 2 is 1.86 bits per heavy atom. The summed E-state index contributed by atoms with van der Waals surface area (Å²) in [4.78, 5) is 28.0. The van der Waals surface area contributed by atoms with E-state index >= 15 is 0 Å². The van der Waals surface area contributed by atoms with Gasteiger partial charge in [-0.15, -0.1) is 0 Å². The molecular formula is C22H26ClN3O3. The number of anilines is 2. The minimum Gasteiger partial charge on any atom is -0.484 e. The average molecular weight is 416 g/mol. The molecule has 0 atom stereocenters. The number of amides is 2. The first-order valence-electron chi connectivity index (χ1n) is 9.78. The molecule has 1 fully saturated rings. The predicted molar refractivity (Wildman–Crippen MR) is 116 cm³/mol. The lowest BCUT2D eigenvalue weighted by Gasteiger charge is -2.36. The Kier molecular flexibility index (Phi) is 6.99. The van der Waals surface area contributed by atoms with Crippen molar-refractivity contribution in [2.75, 3.05) is 43.0 Å². The molecule has 0 saturated carbocycles. The molecule has 0 aromatic heterocycles. The average Bonchev–Trinajstić information content (AvgIpc) is 2.72. The van der Waals surface area contributed by atoms with Crippen molar-refractivity contribution in [2.45, 2.75) is 20.3 Å². The first-order chi connectivity index (χ1) is 14.0. The maximum atomic E-state index is 12.2. The lowest BCUT2D eigenvalue weighted by molar-refractivity contribution is -0.131. The number of nitrogens with zero attached hydrogens (tertiary/aromatic N) is 2. The van der Waals surface area contributed by atoms with Gasteiger partial charge in [-0.3, -0.25) is 9.59 Å². The van der Waals surface area contributed by atoms with Crippen molar-refractivity contribution in [3.05, 3.63) is 53.1 Å². The highest BCUT2D eigenvalue weighted by molar-refractivity contribution is 6.33. The Morgan fingerprint density at radius 1 is 1.10 bits per heavy atom. The number of ether oxygens (including phenoxy) is 1. The Balaban J connectivity index is 1.54. The lowest BCUT2D eigenvalue weighted by Crippen LogP contribution is -2.48. The van der Waals surface area contributed by atoms with E-state index in [-0.39, 0.29) is 18.4 Å². The highest BCUT2D eigenvalue weighted by Gasteiger charge is 2.21. The third-order valence-corrected chi connectivity index (χ3v) is 5.17. The fourth-order valence-corrected chi connectivity index (χ4v) is 3.61. The highest BCUT2D eigenvalue weighted by Crippen LogP contribution is 2.29. The van der Waals surface area contributed by atoms with E-state index in [1.807, 2.05) is 55.1 Å². The molecule has 154 valence electrons. The minimum absolute atomic E-state index is 0.0732. The van der Waals surface area contributed by atoms with Gasteiger partial charge in [-0.2, -0.15) is 0 Å². The summed E-state index contributed by atoms with van der Waals surface area (Å²) in [5.41, 5.74) is 2.60. The van der Waals surface area contributed by atoms with Crippen molar-refractivity contribution in [3.8, 4) is 5.75 Å². The molecule has 1 aliphatic heterocycles. The molecule has 0 aliphatic carbocycles. The van der Waals surface area contributed by atoms with Gasteiger partial charge in [0, 0.05) is 38.3 Å². The molecule has 1 aliphatic rings. The van der Waals surface area contributed by atoms with Crippen LogP contribution < -0.4 is 15.0 Å². The molecule has 2 aromatic rings. The van der Waals surface area contributed by atoms with Crippen molar-refractivity contribution in [2.24, 2.45) is 0 Å². The van der Waals surface area contributed by atoms with Gasteiger partial charge in [-0.05, 0) is 42.8 Å². The Morgan fingerprint density at radius 3 is 2.52 bits per heavy atom. The monoisotopic (exact) mass is 415 g/mol. The molecule has 1 N–H and O–H groups in total. The van der Waals surface area contributed by atoms with Crippen LogP contribution in [0, 0.1) is 6.92 Å². The first-order valence-corrected chi connectivity index (χ1v) is 10.2. The number of piperazine rings is 1. The summed E-state index contributed by atoms with van der Waals surface area (Å²) in [6.45, 7) is 6.64. The van der Waals surface area contributed by atoms with Gasteiger partial charge in [-0.25, -0.2) is 0 Å². The third kappa shape index (κ3) is 5.64. The third-order valence-electron chi connectivity index (χ3n) is 4.87. The number of carbonyl (C=O) groups is 2. The smallest absolute Gasteiger partial charge is 0.262 e. The van der Waals surface area contributed by atoms with Crippen LogP contribution in [0.25, 0.3) is 0 Å². The second kappa shape index (κ2) is 9.65. The molecule has 29 heavy (non-hydrogen) atoms. The highest BCUT2D eigenvalue weighted by atomic mass is 35.5. The van der Waals surface area contributed by atoms with Crippen molar-refractivity contribution in [1.29, 1.82) is 0 Å². The molecular weight excluding hydrogens is 390 g/mol. The molecule has 3 rings (SSSR count). The van der Waals surface area contributed by atoms with Crippen molar-refractivity contribution < 1.29 is 14.3 Å². The van der Waals surface area contributed by atoms with Gasteiger partial charge in [-0.1, -0.05) is 30.7 Å². The van der Waals surface area contributed by atoms with Crippen LogP contribution in [0.15, 0.2) is 42.5 Å². The molecule has 0 bridgehead atoms. The first kappa shape index (κ1) is 21.0. The van der Waals surface area contributed by atoms with E-state index in [0.29, 0.717) is 36.0 Å². The molecule has 0 unspecified atom stereocenters. The van der Waals surface area contributed by atoms with Gasteiger partial charge < -0.3 is 19.9 Å². The van der Waals surface area contributed by atoms with Gasteiger partial charge in [0.05, 0.1) is 10.7 Å². The van der Waals surface area contributed by atoms with E-state index in [2.05, 4.69) is 10.2 Å². The zero-order valence-corrected chi connectivity index (χ0v) is 17.5. The largest absolute Gasteiger partial charge is 0.484 e. The van der Waals surface area contributed by atoms with Crippen molar-refractivity contribution in [3.63, 3.8) is 0 Å². The maximum absolute atomic E-state index is 12.2. The second-order valence-electron chi connectivity index (χ2n) is 7.04. The summed E-state index contributed by atoms with van der Waals surface area (Å²) in [6, 6.07) is 13.0. The predicted octanol–water partition coefficient (Wildman–Crippen LogP) is 3.72. The van der Waals surface area contributed by atoms with Gasteiger partial charge in [0.25, 0.3) is 5.91 Å². The Bertz CT molecular complexity index is 879. The van der Waals surface area contributed by atoms with Gasteiger partial charge in [0.15, 0.2) is 6.61 Å². The molecule has 1 heterocycles. The number of carbonyl (C=O) groups excluding carboxylic acids is 2. The normalized spacial score (nSPS) is 13.9. The number of halogens is 1. The van der Waals surface area contributed by atoms with E-state index in [9.17, 15) is 9.59 Å². The number of hydrogen-bond acceptors (Lipinski definition) is 4. The molecule has 2 amide bonds. The number of nitrogens with one attached hydrogen (secondary N) is 1. The summed E-state index contributed by atoms with van der Waals surface area (Å²) in [5, 5.41) is 3.37. The Labute approximate surface area is 176 Å². The van der Waals surface area contributed by atoms with E-state index in [1.165, 1.54) is 0 Å². The summed E-state index contributed by atoms with van der Waals surface area (Å²) >= 11 is 6.46. The Hall–Kier alpha value is -2.73. The van der Waals surface area contributed by atoms with Gasteiger partial charge >= 0.3 is 0 Å². The molecule has 2 aromatic carbocycles. The van der Waals surface area contributed by atoms with Gasteiger partial charge in [0.1, 0.15) is 5.75 Å². The maximum Gasteiger partial charge on any atom is 0.262 e. The van der Waals surface area contributed by atoms with Crippen LogP contribution >= 0.6 is 11.6 Å².